The van der Waals surface area contributed by atoms with Crippen molar-refractivity contribution >= 4 is 28.8 Å². The van der Waals surface area contributed by atoms with Gasteiger partial charge in [0, 0.05) is 41.9 Å². The normalized spacial score (nSPS) is 14.7. The molecule has 4 rings (SSSR count). The molecule has 0 saturated carbocycles. The molecule has 28 heavy (non-hydrogen) atoms. The van der Waals surface area contributed by atoms with Crippen LogP contribution in [-0.4, -0.2) is 23.1 Å². The smallest absolute Gasteiger partial charge is 0.229 e. The van der Waals surface area contributed by atoms with Crippen LogP contribution in [0.2, 0.25) is 0 Å². The third-order valence-electron chi connectivity index (χ3n) is 5.17. The summed E-state index contributed by atoms with van der Waals surface area (Å²) in [6.45, 7) is 6.60. The molecule has 0 atom stereocenters. The maximum Gasteiger partial charge on any atom is 0.229 e. The lowest BCUT2D eigenvalue weighted by molar-refractivity contribution is 0.438. The average Bonchev–Trinajstić information content (AvgIpc) is 2.70. The monoisotopic (exact) mass is 373 g/mol. The van der Waals surface area contributed by atoms with Crippen molar-refractivity contribution in [1.29, 1.82) is 0 Å². The first-order chi connectivity index (χ1) is 13.7. The van der Waals surface area contributed by atoms with Gasteiger partial charge in [0.15, 0.2) is 0 Å². The zero-order chi connectivity index (χ0) is 19.3. The van der Waals surface area contributed by atoms with Crippen LogP contribution >= 0.6 is 0 Å². The molecule has 1 saturated heterocycles. The summed E-state index contributed by atoms with van der Waals surface area (Å²) >= 11 is 0. The molecule has 0 aliphatic carbocycles. The van der Waals surface area contributed by atoms with Gasteiger partial charge in [0.2, 0.25) is 5.95 Å². The Morgan fingerprint density at radius 3 is 2.25 bits per heavy atom. The first-order valence-electron chi connectivity index (χ1n) is 9.95. The molecule has 1 aliphatic rings. The Balaban J connectivity index is 1.45. The van der Waals surface area contributed by atoms with Gasteiger partial charge in [-0.15, -0.1) is 0 Å². The van der Waals surface area contributed by atoms with Gasteiger partial charge in [-0.1, -0.05) is 25.1 Å². The molecular weight excluding hydrogens is 346 g/mol. The van der Waals surface area contributed by atoms with Crippen LogP contribution < -0.4 is 15.5 Å². The summed E-state index contributed by atoms with van der Waals surface area (Å²) in [5, 5.41) is 6.66. The first-order valence-corrected chi connectivity index (χ1v) is 9.95. The fourth-order valence-electron chi connectivity index (χ4n) is 3.51. The zero-order valence-corrected chi connectivity index (χ0v) is 16.5. The number of benzene rings is 2. The molecule has 2 aromatic carbocycles. The number of piperidine rings is 1. The maximum atomic E-state index is 4.60. The van der Waals surface area contributed by atoms with Gasteiger partial charge >= 0.3 is 0 Å². The van der Waals surface area contributed by atoms with E-state index in [9.17, 15) is 0 Å². The topological polar surface area (TPSA) is 53.1 Å². The van der Waals surface area contributed by atoms with Crippen LogP contribution in [0.25, 0.3) is 0 Å². The highest BCUT2D eigenvalue weighted by Gasteiger charge is 2.15. The lowest BCUT2D eigenvalue weighted by Crippen LogP contribution is -2.32. The predicted octanol–water partition coefficient (Wildman–Crippen LogP) is 5.51. The van der Waals surface area contributed by atoms with E-state index in [0.717, 1.165) is 41.9 Å². The molecule has 3 aromatic rings. The van der Waals surface area contributed by atoms with Gasteiger partial charge in [0.25, 0.3) is 0 Å². The quantitative estimate of drug-likeness (QED) is 0.618. The minimum absolute atomic E-state index is 0.595. The van der Waals surface area contributed by atoms with Crippen LogP contribution in [0.1, 0.15) is 25.5 Å². The van der Waals surface area contributed by atoms with Gasteiger partial charge in [0.05, 0.1) is 0 Å². The minimum Gasteiger partial charge on any atom is -0.372 e. The molecule has 5 heteroatoms. The number of nitrogens with zero attached hydrogens (tertiary/aromatic N) is 3. The van der Waals surface area contributed by atoms with E-state index in [4.69, 9.17) is 0 Å². The number of hydrogen-bond donors (Lipinski definition) is 2. The molecule has 1 aromatic heterocycles. The molecule has 2 N–H and O–H groups in total. The largest absolute Gasteiger partial charge is 0.372 e. The van der Waals surface area contributed by atoms with Gasteiger partial charge in [-0.05, 0) is 62.1 Å². The average molecular weight is 374 g/mol. The Kier molecular flexibility index (Phi) is 5.42. The van der Waals surface area contributed by atoms with Crippen molar-refractivity contribution in [3.05, 3.63) is 66.4 Å². The van der Waals surface area contributed by atoms with E-state index in [1.54, 1.807) is 0 Å². The van der Waals surface area contributed by atoms with Crippen LogP contribution in [-0.2, 0) is 0 Å². The first kappa shape index (κ1) is 18.3. The number of hydrogen-bond acceptors (Lipinski definition) is 5. The van der Waals surface area contributed by atoms with Crippen molar-refractivity contribution in [2.75, 3.05) is 28.6 Å². The summed E-state index contributed by atoms with van der Waals surface area (Å²) < 4.78 is 0. The Hall–Kier alpha value is -3.08. The van der Waals surface area contributed by atoms with Crippen molar-refractivity contribution in [3.8, 4) is 0 Å². The second kappa shape index (κ2) is 8.30. The van der Waals surface area contributed by atoms with Gasteiger partial charge in [-0.3, -0.25) is 0 Å². The molecule has 144 valence electrons. The van der Waals surface area contributed by atoms with E-state index in [1.165, 1.54) is 18.5 Å². The van der Waals surface area contributed by atoms with Crippen LogP contribution in [0, 0.1) is 12.8 Å². The van der Waals surface area contributed by atoms with Gasteiger partial charge in [0.1, 0.15) is 5.82 Å². The molecule has 0 spiro atoms. The maximum absolute atomic E-state index is 4.60. The fraction of sp³-hybridized carbons (Fsp3) is 0.304. The second-order valence-electron chi connectivity index (χ2n) is 7.55. The van der Waals surface area contributed by atoms with Crippen molar-refractivity contribution in [2.45, 2.75) is 26.7 Å². The second-order valence-corrected chi connectivity index (χ2v) is 7.55. The van der Waals surface area contributed by atoms with Crippen molar-refractivity contribution in [2.24, 2.45) is 5.92 Å². The van der Waals surface area contributed by atoms with Gasteiger partial charge < -0.3 is 15.5 Å². The Morgan fingerprint density at radius 1 is 0.857 bits per heavy atom. The summed E-state index contributed by atoms with van der Waals surface area (Å²) in [5.41, 5.74) is 4.20. The van der Waals surface area contributed by atoms with E-state index in [1.807, 2.05) is 43.3 Å². The van der Waals surface area contributed by atoms with E-state index in [-0.39, 0.29) is 0 Å². The zero-order valence-electron chi connectivity index (χ0n) is 16.5. The Labute approximate surface area is 166 Å². The lowest BCUT2D eigenvalue weighted by atomic mass is 9.99. The third kappa shape index (κ3) is 4.60. The van der Waals surface area contributed by atoms with Crippen molar-refractivity contribution in [3.63, 3.8) is 0 Å². The van der Waals surface area contributed by atoms with E-state index in [2.05, 4.69) is 56.7 Å². The van der Waals surface area contributed by atoms with Crippen molar-refractivity contribution < 1.29 is 0 Å². The summed E-state index contributed by atoms with van der Waals surface area (Å²) in [6.07, 6.45) is 2.54. The number of nitrogens with one attached hydrogen (secondary N) is 2. The molecule has 0 unspecified atom stereocenters. The van der Waals surface area contributed by atoms with Crippen LogP contribution in [0.4, 0.5) is 28.8 Å². The molecule has 0 amide bonds. The number of aryl methyl sites for hydroxylation is 1. The van der Waals surface area contributed by atoms with Crippen LogP contribution in [0.15, 0.2) is 60.7 Å². The molecule has 1 fully saturated rings. The van der Waals surface area contributed by atoms with E-state index >= 15 is 0 Å². The van der Waals surface area contributed by atoms with E-state index < -0.39 is 0 Å². The molecule has 0 radical (unpaired) electrons. The number of rotatable bonds is 5. The van der Waals surface area contributed by atoms with E-state index in [0.29, 0.717) is 5.95 Å². The summed E-state index contributed by atoms with van der Waals surface area (Å²) in [6, 6.07) is 20.5. The van der Waals surface area contributed by atoms with Crippen molar-refractivity contribution in [1.82, 2.24) is 9.97 Å². The molecule has 2 heterocycles. The minimum atomic E-state index is 0.595. The Morgan fingerprint density at radius 2 is 1.54 bits per heavy atom. The molecular formula is C23H27N5. The summed E-state index contributed by atoms with van der Waals surface area (Å²) in [5.74, 6) is 2.22. The fourth-order valence-corrected chi connectivity index (χ4v) is 3.51. The highest BCUT2D eigenvalue weighted by atomic mass is 15.2. The highest BCUT2D eigenvalue weighted by molar-refractivity contribution is 5.62. The molecule has 1 aliphatic heterocycles. The number of aromatic nitrogens is 2. The van der Waals surface area contributed by atoms with Gasteiger partial charge in [-0.2, -0.15) is 4.98 Å². The highest BCUT2D eigenvalue weighted by Crippen LogP contribution is 2.25. The SMILES string of the molecule is Cc1cc(Nc2ccccc2)nc(Nc2ccc(N3CCC(C)CC3)cc2)n1. The summed E-state index contributed by atoms with van der Waals surface area (Å²) in [7, 11) is 0. The number of para-hydroxylation sites is 1. The number of anilines is 5. The Bertz CT molecular complexity index is 900. The molecule has 0 bridgehead atoms. The summed E-state index contributed by atoms with van der Waals surface area (Å²) in [4.78, 5) is 11.6. The third-order valence-corrected chi connectivity index (χ3v) is 5.17. The van der Waals surface area contributed by atoms with Crippen LogP contribution in [0.3, 0.4) is 0 Å². The van der Waals surface area contributed by atoms with Crippen LogP contribution in [0.5, 0.6) is 0 Å². The van der Waals surface area contributed by atoms with Gasteiger partial charge in [-0.25, -0.2) is 4.98 Å². The standard InChI is InChI=1S/C23H27N5/c1-17-12-14-28(15-13-17)21-10-8-20(9-11-21)26-23-24-18(2)16-22(27-23)25-19-6-4-3-5-7-19/h3-11,16-17H,12-15H2,1-2H3,(H2,24,25,26,27). The lowest BCUT2D eigenvalue weighted by Gasteiger charge is -2.32. The predicted molar refractivity (Wildman–Crippen MR) is 117 cm³/mol. The molecule has 5 nitrogen and oxygen atoms in total.